The summed E-state index contributed by atoms with van der Waals surface area (Å²) in [4.78, 5) is 11.9. The molecule has 0 radical (unpaired) electrons. The molecule has 0 saturated carbocycles. The predicted octanol–water partition coefficient (Wildman–Crippen LogP) is 5.66. The summed E-state index contributed by atoms with van der Waals surface area (Å²) >= 11 is 0. The summed E-state index contributed by atoms with van der Waals surface area (Å²) in [5.41, 5.74) is 0. The number of Topliss-reactive ketones (excluding diaryl/α,β-unsaturated/α-hetero) is 1. The quantitative estimate of drug-likeness (QED) is 0.192. The Morgan fingerprint density at radius 3 is 1.77 bits per heavy atom. The number of carbonyl (C=O) groups is 1. The lowest BCUT2D eigenvalue weighted by Crippen LogP contribution is -2.44. The molecule has 1 unspecified atom stereocenters. The highest BCUT2D eigenvalue weighted by molar-refractivity contribution is 5.82. The molecule has 0 aliphatic carbocycles. The molecular weight excluding hydrogens is 322 g/mol. The van der Waals surface area contributed by atoms with Crippen LogP contribution in [-0.2, 0) is 4.79 Å². The second-order valence-corrected chi connectivity index (χ2v) is 8.79. The zero-order chi connectivity index (χ0) is 19.7. The minimum absolute atomic E-state index is 0.00989. The van der Waals surface area contributed by atoms with Gasteiger partial charge >= 0.3 is 0 Å². The van der Waals surface area contributed by atoms with E-state index in [9.17, 15) is 9.90 Å². The van der Waals surface area contributed by atoms with Gasteiger partial charge in [0.1, 0.15) is 6.54 Å². The number of allylic oxidation sites excluding steroid dienone is 2. The van der Waals surface area contributed by atoms with Crippen LogP contribution in [0.1, 0.15) is 96.8 Å². The van der Waals surface area contributed by atoms with E-state index >= 15 is 0 Å². The number of likely N-dealkylation sites (N-methyl/N-ethyl adjacent to an activating group) is 1. The number of aliphatic hydroxyl groups excluding tert-OH is 1. The number of hydrogen-bond acceptors (Lipinski definition) is 2. The number of unbranched alkanes of at least 4 members (excludes halogenated alkanes) is 11. The SMILES string of the molecule is CCCCCCCC/C=C\CCCCCCCC(=O)C(O)C[N+](C)(C)C. The second-order valence-electron chi connectivity index (χ2n) is 8.79. The Balaban J connectivity index is 3.38. The highest BCUT2D eigenvalue weighted by Crippen LogP contribution is 2.11. The van der Waals surface area contributed by atoms with Gasteiger partial charge in [-0.1, -0.05) is 70.4 Å². The molecule has 0 aromatic heterocycles. The van der Waals surface area contributed by atoms with E-state index in [2.05, 4.69) is 19.1 Å². The molecule has 3 nitrogen and oxygen atoms in total. The van der Waals surface area contributed by atoms with Crippen molar-refractivity contribution in [3.63, 3.8) is 0 Å². The van der Waals surface area contributed by atoms with E-state index in [0.717, 1.165) is 12.8 Å². The number of carbonyl (C=O) groups excluding carboxylic acids is 1. The van der Waals surface area contributed by atoms with E-state index < -0.39 is 6.10 Å². The van der Waals surface area contributed by atoms with Crippen LogP contribution in [0, 0.1) is 0 Å². The van der Waals surface area contributed by atoms with E-state index in [1.807, 2.05) is 21.1 Å². The maximum Gasteiger partial charge on any atom is 0.167 e. The number of hydrogen-bond donors (Lipinski definition) is 1. The van der Waals surface area contributed by atoms with E-state index in [0.29, 0.717) is 17.4 Å². The molecule has 0 aliphatic rings. The molecule has 1 atom stereocenters. The maximum atomic E-state index is 11.9. The van der Waals surface area contributed by atoms with Crippen molar-refractivity contribution in [2.75, 3.05) is 27.7 Å². The van der Waals surface area contributed by atoms with E-state index in [1.54, 1.807) is 0 Å². The van der Waals surface area contributed by atoms with Crippen molar-refractivity contribution in [3.05, 3.63) is 12.2 Å². The standard InChI is InChI=1S/C23H46NO2/c1-5-6-7-8-9-10-11-12-13-14-15-16-17-18-19-20-22(25)23(26)21-24(2,3)4/h12-13,23,26H,5-11,14-21H2,1-4H3/q+1/b13-12-. The van der Waals surface area contributed by atoms with Crippen molar-refractivity contribution >= 4 is 5.78 Å². The third-order valence-corrected chi connectivity index (χ3v) is 4.78. The summed E-state index contributed by atoms with van der Waals surface area (Å²) in [5, 5.41) is 9.90. The monoisotopic (exact) mass is 368 g/mol. The number of nitrogens with zero attached hydrogens (tertiary/aromatic N) is 1. The molecule has 0 aliphatic heterocycles. The lowest BCUT2D eigenvalue weighted by molar-refractivity contribution is -0.872. The Morgan fingerprint density at radius 1 is 0.808 bits per heavy atom. The van der Waals surface area contributed by atoms with Crippen LogP contribution in [0.25, 0.3) is 0 Å². The highest BCUT2D eigenvalue weighted by Gasteiger charge is 2.21. The van der Waals surface area contributed by atoms with Crippen molar-refractivity contribution in [2.24, 2.45) is 0 Å². The van der Waals surface area contributed by atoms with Gasteiger partial charge < -0.3 is 9.59 Å². The minimum Gasteiger partial charge on any atom is -0.380 e. The van der Waals surface area contributed by atoms with Gasteiger partial charge in [-0.05, 0) is 32.1 Å². The van der Waals surface area contributed by atoms with Crippen molar-refractivity contribution in [1.29, 1.82) is 0 Å². The number of quaternary nitrogens is 1. The van der Waals surface area contributed by atoms with Gasteiger partial charge in [-0.3, -0.25) is 4.79 Å². The molecule has 0 spiro atoms. The summed E-state index contributed by atoms with van der Waals surface area (Å²) in [7, 11) is 6.00. The second kappa shape index (κ2) is 16.5. The van der Waals surface area contributed by atoms with Crippen LogP contribution in [0.4, 0.5) is 0 Å². The molecule has 3 heteroatoms. The van der Waals surface area contributed by atoms with Crippen LogP contribution in [0.3, 0.4) is 0 Å². The first-order chi connectivity index (χ1) is 12.4. The molecule has 0 aromatic rings. The van der Waals surface area contributed by atoms with Crippen LogP contribution in [-0.4, -0.2) is 49.2 Å². The van der Waals surface area contributed by atoms with Gasteiger partial charge in [0.15, 0.2) is 11.9 Å². The fourth-order valence-electron chi connectivity index (χ4n) is 3.16. The normalized spacial score (nSPS) is 13.4. The summed E-state index contributed by atoms with van der Waals surface area (Å²) < 4.78 is 0.624. The lowest BCUT2D eigenvalue weighted by atomic mass is 10.0. The van der Waals surface area contributed by atoms with Gasteiger partial charge in [0.25, 0.3) is 0 Å². The predicted molar refractivity (Wildman–Crippen MR) is 113 cm³/mol. The first kappa shape index (κ1) is 25.3. The molecule has 0 rings (SSSR count). The topological polar surface area (TPSA) is 37.3 Å². The number of aliphatic hydroxyl groups is 1. The van der Waals surface area contributed by atoms with Crippen LogP contribution in [0.5, 0.6) is 0 Å². The summed E-state index contributed by atoms with van der Waals surface area (Å²) in [5.74, 6) is 0.00989. The molecule has 0 heterocycles. The largest absolute Gasteiger partial charge is 0.380 e. The first-order valence-electron chi connectivity index (χ1n) is 11.0. The lowest BCUT2D eigenvalue weighted by Gasteiger charge is -2.26. The molecule has 0 saturated heterocycles. The van der Waals surface area contributed by atoms with Crippen molar-refractivity contribution in [1.82, 2.24) is 0 Å². The van der Waals surface area contributed by atoms with Crippen molar-refractivity contribution < 1.29 is 14.4 Å². The molecule has 0 bridgehead atoms. The van der Waals surface area contributed by atoms with Crippen LogP contribution >= 0.6 is 0 Å². The van der Waals surface area contributed by atoms with Gasteiger partial charge in [-0.2, -0.15) is 0 Å². The molecule has 0 amide bonds. The third-order valence-electron chi connectivity index (χ3n) is 4.78. The minimum atomic E-state index is -0.799. The Labute approximate surface area is 163 Å². The fraction of sp³-hybridized carbons (Fsp3) is 0.870. The molecular formula is C23H46NO2+. The van der Waals surface area contributed by atoms with Gasteiger partial charge in [0.2, 0.25) is 0 Å². The van der Waals surface area contributed by atoms with Gasteiger partial charge in [0, 0.05) is 6.42 Å². The average Bonchev–Trinajstić information content (AvgIpc) is 2.56. The Hall–Kier alpha value is -0.670. The Bertz CT molecular complexity index is 358. The maximum absolute atomic E-state index is 11.9. The molecule has 0 aromatic carbocycles. The van der Waals surface area contributed by atoms with E-state index in [4.69, 9.17) is 0 Å². The Morgan fingerprint density at radius 2 is 1.27 bits per heavy atom. The van der Waals surface area contributed by atoms with Crippen LogP contribution < -0.4 is 0 Å². The smallest absolute Gasteiger partial charge is 0.167 e. The average molecular weight is 369 g/mol. The Kier molecular flexibility index (Phi) is 16.1. The van der Waals surface area contributed by atoms with E-state index in [1.165, 1.54) is 70.6 Å². The van der Waals surface area contributed by atoms with Crippen molar-refractivity contribution in [2.45, 2.75) is 103 Å². The highest BCUT2D eigenvalue weighted by atomic mass is 16.3. The number of ketones is 1. The first-order valence-corrected chi connectivity index (χ1v) is 11.0. The van der Waals surface area contributed by atoms with Gasteiger partial charge in [-0.25, -0.2) is 0 Å². The van der Waals surface area contributed by atoms with Gasteiger partial charge in [-0.15, -0.1) is 0 Å². The van der Waals surface area contributed by atoms with E-state index in [-0.39, 0.29) is 5.78 Å². The molecule has 154 valence electrons. The summed E-state index contributed by atoms with van der Waals surface area (Å²) in [6.45, 7) is 2.77. The van der Waals surface area contributed by atoms with Crippen LogP contribution in [0.15, 0.2) is 12.2 Å². The summed E-state index contributed by atoms with van der Waals surface area (Å²) in [6, 6.07) is 0. The molecule has 1 N–H and O–H groups in total. The van der Waals surface area contributed by atoms with Crippen LogP contribution in [0.2, 0.25) is 0 Å². The van der Waals surface area contributed by atoms with Crippen molar-refractivity contribution in [3.8, 4) is 0 Å². The summed E-state index contributed by atoms with van der Waals surface area (Å²) in [6.07, 6.45) is 20.8. The third kappa shape index (κ3) is 18.1. The zero-order valence-electron chi connectivity index (χ0n) is 18.1. The molecule has 0 fully saturated rings. The van der Waals surface area contributed by atoms with Gasteiger partial charge in [0.05, 0.1) is 21.1 Å². The number of rotatable bonds is 18. The molecule has 26 heavy (non-hydrogen) atoms. The zero-order valence-corrected chi connectivity index (χ0v) is 18.1. The fourth-order valence-corrected chi connectivity index (χ4v) is 3.16.